The number of hydrogen-bond acceptors (Lipinski definition) is 7. The lowest BCUT2D eigenvalue weighted by Gasteiger charge is -2.24. The lowest BCUT2D eigenvalue weighted by atomic mass is 10.0. The number of hydrogen-bond donors (Lipinski definition) is 2. The van der Waals surface area contributed by atoms with Crippen molar-refractivity contribution in [3.05, 3.63) is 30.1 Å². The number of unbranched alkanes of at least 4 members (excludes halogenated alkanes) is 12. The standard InChI is InChI=1S/C34H57N5O6/c1-4-5-6-7-8-9-10-11-12-13-14-15-16-20-29(28(2)44-3)37-33(42)45-26-19-24-39-31(40)27-38(34(39)43)25-23-36-32(41)30-21-17-18-22-35-30/h17-18,21-22,28-29H,4-16,19-20,23-27H2,1-3H3,(H,36,41)(H,37,42). The van der Waals surface area contributed by atoms with Crippen molar-refractivity contribution in [2.45, 2.75) is 122 Å². The molecule has 1 aromatic rings. The second-order valence-electron chi connectivity index (χ2n) is 11.9. The van der Waals surface area contributed by atoms with Crippen LogP contribution in [0.3, 0.4) is 0 Å². The van der Waals surface area contributed by atoms with Gasteiger partial charge in [-0.3, -0.25) is 19.5 Å². The zero-order valence-electron chi connectivity index (χ0n) is 27.9. The summed E-state index contributed by atoms with van der Waals surface area (Å²) in [6, 6.07) is 4.47. The number of alkyl carbamates (subject to hydrolysis) is 1. The minimum absolute atomic E-state index is 0.0462. The van der Waals surface area contributed by atoms with Crippen LogP contribution in [-0.4, -0.2) is 90.8 Å². The molecule has 0 saturated carbocycles. The summed E-state index contributed by atoms with van der Waals surface area (Å²) in [5.74, 6) is -0.653. The zero-order chi connectivity index (χ0) is 32.7. The molecule has 2 unspecified atom stereocenters. The van der Waals surface area contributed by atoms with E-state index in [1.807, 2.05) is 6.92 Å². The van der Waals surface area contributed by atoms with Crippen molar-refractivity contribution in [2.75, 3.05) is 39.9 Å². The van der Waals surface area contributed by atoms with Crippen molar-refractivity contribution in [1.29, 1.82) is 0 Å². The monoisotopic (exact) mass is 631 g/mol. The van der Waals surface area contributed by atoms with Crippen LogP contribution in [0.1, 0.15) is 121 Å². The number of urea groups is 1. The predicted octanol–water partition coefficient (Wildman–Crippen LogP) is 6.08. The van der Waals surface area contributed by atoms with Crippen LogP contribution in [0.25, 0.3) is 0 Å². The number of ether oxygens (including phenoxy) is 2. The Bertz CT molecular complexity index is 995. The summed E-state index contributed by atoms with van der Waals surface area (Å²) in [4.78, 5) is 56.2. The average Bonchev–Trinajstić information content (AvgIpc) is 3.32. The van der Waals surface area contributed by atoms with E-state index in [9.17, 15) is 19.2 Å². The third-order valence-electron chi connectivity index (χ3n) is 8.31. The number of aromatic nitrogens is 1. The Balaban J connectivity index is 1.56. The molecular weight excluding hydrogens is 574 g/mol. The highest BCUT2D eigenvalue weighted by atomic mass is 16.5. The Morgan fingerprint density at radius 1 is 0.911 bits per heavy atom. The van der Waals surface area contributed by atoms with Gasteiger partial charge in [0.1, 0.15) is 12.2 Å². The molecule has 1 aliphatic rings. The SMILES string of the molecule is CCCCCCCCCCCCCCCC(NC(=O)OCCCN1C(=O)CN(CCNC(=O)c2ccccn2)C1=O)C(C)OC. The van der Waals surface area contributed by atoms with Gasteiger partial charge in [-0.05, 0) is 31.9 Å². The fourth-order valence-electron chi connectivity index (χ4n) is 5.43. The molecule has 2 heterocycles. The van der Waals surface area contributed by atoms with Gasteiger partial charge in [-0.1, -0.05) is 96.5 Å². The largest absolute Gasteiger partial charge is 0.449 e. The molecule has 0 aliphatic carbocycles. The van der Waals surface area contributed by atoms with Gasteiger partial charge in [0.25, 0.3) is 5.91 Å². The molecule has 2 atom stereocenters. The fourth-order valence-corrected chi connectivity index (χ4v) is 5.43. The van der Waals surface area contributed by atoms with E-state index in [0.717, 1.165) is 24.2 Å². The number of imide groups is 1. The minimum Gasteiger partial charge on any atom is -0.449 e. The molecule has 0 aromatic carbocycles. The number of nitrogens with one attached hydrogen (secondary N) is 2. The summed E-state index contributed by atoms with van der Waals surface area (Å²) in [5, 5.41) is 5.63. The molecule has 0 radical (unpaired) electrons. The Morgan fingerprint density at radius 2 is 1.56 bits per heavy atom. The van der Waals surface area contributed by atoms with Gasteiger partial charge >= 0.3 is 12.1 Å². The van der Waals surface area contributed by atoms with Crippen LogP contribution in [0.5, 0.6) is 0 Å². The van der Waals surface area contributed by atoms with Crippen LogP contribution < -0.4 is 10.6 Å². The van der Waals surface area contributed by atoms with Crippen LogP contribution in [0.2, 0.25) is 0 Å². The van der Waals surface area contributed by atoms with Crippen LogP contribution in [0.4, 0.5) is 9.59 Å². The first-order valence-electron chi connectivity index (χ1n) is 17.1. The summed E-state index contributed by atoms with van der Waals surface area (Å²) < 4.78 is 10.8. The number of pyridine rings is 1. The van der Waals surface area contributed by atoms with Gasteiger partial charge in [0.05, 0.1) is 18.8 Å². The Morgan fingerprint density at radius 3 is 2.16 bits per heavy atom. The Kier molecular flexibility index (Phi) is 19.6. The van der Waals surface area contributed by atoms with Crippen LogP contribution >= 0.6 is 0 Å². The van der Waals surface area contributed by atoms with E-state index >= 15 is 0 Å². The van der Waals surface area contributed by atoms with Crippen molar-refractivity contribution < 1.29 is 28.7 Å². The van der Waals surface area contributed by atoms with Gasteiger partial charge in [-0.25, -0.2) is 9.59 Å². The van der Waals surface area contributed by atoms with Crippen LogP contribution in [0, 0.1) is 0 Å². The fraction of sp³-hybridized carbons (Fsp3) is 0.735. The smallest absolute Gasteiger partial charge is 0.407 e. The van der Waals surface area contributed by atoms with Crippen molar-refractivity contribution in [3.63, 3.8) is 0 Å². The molecule has 45 heavy (non-hydrogen) atoms. The van der Waals surface area contributed by atoms with Gasteiger partial charge in [0, 0.05) is 32.9 Å². The van der Waals surface area contributed by atoms with Crippen LogP contribution in [-0.2, 0) is 14.3 Å². The van der Waals surface area contributed by atoms with E-state index in [1.165, 1.54) is 81.7 Å². The number of carbonyl (C=O) groups excluding carboxylic acids is 4. The molecule has 1 aromatic heterocycles. The van der Waals surface area contributed by atoms with Crippen molar-refractivity contribution in [2.24, 2.45) is 0 Å². The number of nitrogens with zero attached hydrogens (tertiary/aromatic N) is 3. The third kappa shape index (κ3) is 15.6. The molecule has 11 nitrogen and oxygen atoms in total. The average molecular weight is 632 g/mol. The van der Waals surface area contributed by atoms with Crippen molar-refractivity contribution in [3.8, 4) is 0 Å². The number of amides is 5. The van der Waals surface area contributed by atoms with E-state index < -0.39 is 12.1 Å². The summed E-state index contributed by atoms with van der Waals surface area (Å²) in [5.41, 5.74) is 0.287. The van der Waals surface area contributed by atoms with E-state index in [1.54, 1.807) is 25.3 Å². The second-order valence-corrected chi connectivity index (χ2v) is 11.9. The highest BCUT2D eigenvalue weighted by Gasteiger charge is 2.35. The molecule has 0 spiro atoms. The van der Waals surface area contributed by atoms with Gasteiger partial charge in [0.2, 0.25) is 5.91 Å². The Labute approximate surface area is 270 Å². The van der Waals surface area contributed by atoms with Gasteiger partial charge in [-0.2, -0.15) is 0 Å². The lowest BCUT2D eigenvalue weighted by molar-refractivity contribution is -0.125. The number of rotatable bonds is 25. The maximum absolute atomic E-state index is 12.7. The highest BCUT2D eigenvalue weighted by molar-refractivity contribution is 6.02. The molecule has 1 aliphatic heterocycles. The Hall–Kier alpha value is -3.21. The second kappa shape index (κ2) is 23.2. The molecule has 11 heteroatoms. The van der Waals surface area contributed by atoms with Crippen LogP contribution in [0.15, 0.2) is 24.4 Å². The summed E-state index contributed by atoms with van der Waals surface area (Å²) >= 11 is 0. The molecule has 2 rings (SSSR count). The first-order chi connectivity index (χ1) is 21.9. The summed E-state index contributed by atoms with van der Waals surface area (Å²) in [6.07, 6.45) is 18.8. The normalized spacial score (nSPS) is 14.5. The van der Waals surface area contributed by atoms with E-state index in [-0.39, 0.29) is 62.4 Å². The summed E-state index contributed by atoms with van der Waals surface area (Å²) in [7, 11) is 1.64. The molecule has 1 fully saturated rings. The van der Waals surface area contributed by atoms with Crippen molar-refractivity contribution >= 4 is 23.9 Å². The first kappa shape index (κ1) is 38.0. The maximum atomic E-state index is 12.7. The van der Waals surface area contributed by atoms with Gasteiger partial charge in [-0.15, -0.1) is 0 Å². The lowest BCUT2D eigenvalue weighted by Crippen LogP contribution is -2.43. The van der Waals surface area contributed by atoms with Gasteiger partial charge < -0.3 is 25.0 Å². The highest BCUT2D eigenvalue weighted by Crippen LogP contribution is 2.15. The maximum Gasteiger partial charge on any atom is 0.407 e. The quantitative estimate of drug-likeness (QED) is 0.0989. The molecule has 1 saturated heterocycles. The number of carbonyl (C=O) groups is 4. The molecule has 5 amide bonds. The minimum atomic E-state index is -0.525. The third-order valence-corrected chi connectivity index (χ3v) is 8.31. The molecule has 0 bridgehead atoms. The summed E-state index contributed by atoms with van der Waals surface area (Å²) in [6.45, 7) is 4.78. The predicted molar refractivity (Wildman–Crippen MR) is 175 cm³/mol. The molecule has 254 valence electrons. The first-order valence-corrected chi connectivity index (χ1v) is 17.1. The zero-order valence-corrected chi connectivity index (χ0v) is 27.9. The molecular formula is C34H57N5O6. The van der Waals surface area contributed by atoms with Gasteiger partial charge in [0.15, 0.2) is 0 Å². The number of methoxy groups -OCH3 is 1. The van der Waals surface area contributed by atoms with E-state index in [2.05, 4.69) is 22.5 Å². The molecule has 2 N–H and O–H groups in total. The van der Waals surface area contributed by atoms with E-state index in [4.69, 9.17) is 9.47 Å². The van der Waals surface area contributed by atoms with E-state index in [0.29, 0.717) is 6.42 Å². The topological polar surface area (TPSA) is 130 Å². The van der Waals surface area contributed by atoms with Crippen molar-refractivity contribution in [1.82, 2.24) is 25.4 Å².